The lowest BCUT2D eigenvalue weighted by molar-refractivity contribution is 0.632. The molecule has 26 heavy (non-hydrogen) atoms. The van der Waals surface area contributed by atoms with Crippen molar-refractivity contribution in [1.82, 2.24) is 23.3 Å². The molecule has 4 rings (SSSR count). The predicted molar refractivity (Wildman–Crippen MR) is 105 cm³/mol. The third kappa shape index (κ3) is 2.36. The predicted octanol–water partition coefficient (Wildman–Crippen LogP) is 2.39. The first-order chi connectivity index (χ1) is 12.3. The molecule has 0 atom stereocenters. The molecule has 0 saturated carbocycles. The van der Waals surface area contributed by atoms with Crippen LogP contribution in [0.3, 0.4) is 0 Å². The van der Waals surface area contributed by atoms with Crippen LogP contribution in [0.4, 0.5) is 0 Å². The van der Waals surface area contributed by atoms with Crippen LogP contribution in [0.15, 0.2) is 38.6 Å². The van der Waals surface area contributed by atoms with Crippen molar-refractivity contribution in [3.05, 3.63) is 60.6 Å². The smallest absolute Gasteiger partial charge is 0.332 e. The topological polar surface area (TPSA) is 66.8 Å². The minimum Gasteiger partial charge on any atom is -0.346 e. The summed E-state index contributed by atoms with van der Waals surface area (Å²) in [6, 6.07) is 7.54. The summed E-state index contributed by atoms with van der Waals surface area (Å²) in [5.74, 6) is 0. The van der Waals surface area contributed by atoms with E-state index >= 15 is 0 Å². The molecule has 0 aliphatic heterocycles. The molecule has 0 N–H and O–H groups in total. The summed E-state index contributed by atoms with van der Waals surface area (Å²) < 4.78 is 6.71. The summed E-state index contributed by atoms with van der Waals surface area (Å²) in [4.78, 5) is 30.0. The number of fused-ring (bicyclic) bond motifs is 2. The average Bonchev–Trinajstić information content (AvgIpc) is 3.07. The van der Waals surface area contributed by atoms with Gasteiger partial charge in [0, 0.05) is 42.8 Å². The van der Waals surface area contributed by atoms with Crippen LogP contribution >= 0.6 is 27.5 Å². The van der Waals surface area contributed by atoms with Gasteiger partial charge in [-0.05, 0) is 40.2 Å². The number of rotatable bonds is 2. The highest BCUT2D eigenvalue weighted by Gasteiger charge is 2.18. The van der Waals surface area contributed by atoms with Crippen LogP contribution in [0.25, 0.3) is 22.1 Å². The summed E-state index contributed by atoms with van der Waals surface area (Å²) in [6.07, 6.45) is 0. The second-order valence-electron chi connectivity index (χ2n) is 6.24. The van der Waals surface area contributed by atoms with Gasteiger partial charge in [-0.1, -0.05) is 11.6 Å². The van der Waals surface area contributed by atoms with Gasteiger partial charge in [0.15, 0.2) is 15.9 Å². The molecular formula is C17H15BrClN5O2. The Kier molecular flexibility index (Phi) is 3.85. The third-order valence-electron chi connectivity index (χ3n) is 4.73. The molecule has 0 aliphatic rings. The van der Waals surface area contributed by atoms with Crippen LogP contribution in [0.5, 0.6) is 0 Å². The van der Waals surface area contributed by atoms with Crippen LogP contribution in [0.1, 0.15) is 5.69 Å². The summed E-state index contributed by atoms with van der Waals surface area (Å²) in [7, 11) is 5.25. The minimum absolute atomic E-state index is 0.160. The van der Waals surface area contributed by atoms with E-state index in [-0.39, 0.29) is 12.1 Å². The van der Waals surface area contributed by atoms with Crippen molar-refractivity contribution in [2.45, 2.75) is 6.54 Å². The van der Waals surface area contributed by atoms with Crippen LogP contribution in [0, 0.1) is 0 Å². The Morgan fingerprint density at radius 3 is 2.54 bits per heavy atom. The standard InChI is InChI=1S/C17H15BrClN5O2/c1-21-11(7-9-6-10(19)4-5-12(9)21)8-24-15(25)13-14(23(3)17(24)26)20-16(18)22(13)2/h4-7H,8H2,1-3H3. The van der Waals surface area contributed by atoms with E-state index in [9.17, 15) is 9.59 Å². The quantitative estimate of drug-likeness (QED) is 0.453. The van der Waals surface area contributed by atoms with Gasteiger partial charge in [0.2, 0.25) is 0 Å². The zero-order valence-corrected chi connectivity index (χ0v) is 16.7. The summed E-state index contributed by atoms with van der Waals surface area (Å²) in [5, 5.41) is 1.60. The van der Waals surface area contributed by atoms with Gasteiger partial charge in [-0.2, -0.15) is 0 Å². The van der Waals surface area contributed by atoms with E-state index in [1.165, 1.54) is 9.13 Å². The number of hydrogen-bond acceptors (Lipinski definition) is 3. The third-order valence-corrected chi connectivity index (χ3v) is 5.67. The zero-order chi connectivity index (χ0) is 18.7. The molecule has 0 saturated heterocycles. The van der Waals surface area contributed by atoms with Crippen LogP contribution < -0.4 is 11.2 Å². The molecule has 0 unspecified atom stereocenters. The van der Waals surface area contributed by atoms with Crippen molar-refractivity contribution in [1.29, 1.82) is 0 Å². The van der Waals surface area contributed by atoms with Crippen LogP contribution in [-0.4, -0.2) is 23.3 Å². The number of aryl methyl sites for hydroxylation is 3. The maximum absolute atomic E-state index is 13.0. The number of benzene rings is 1. The Morgan fingerprint density at radius 1 is 1.08 bits per heavy atom. The van der Waals surface area contributed by atoms with Gasteiger partial charge >= 0.3 is 5.69 Å². The molecule has 0 amide bonds. The van der Waals surface area contributed by atoms with Crippen LogP contribution in [0.2, 0.25) is 5.02 Å². The first-order valence-corrected chi connectivity index (χ1v) is 9.02. The maximum Gasteiger partial charge on any atom is 0.332 e. The first-order valence-electron chi connectivity index (χ1n) is 7.85. The Hall–Kier alpha value is -2.32. The molecule has 7 nitrogen and oxygen atoms in total. The SMILES string of the molecule is Cn1c(Cn2c(=O)c3c(nc(Br)n3C)n(C)c2=O)cc2cc(Cl)ccc21. The van der Waals surface area contributed by atoms with Gasteiger partial charge < -0.3 is 9.13 Å². The van der Waals surface area contributed by atoms with E-state index in [1.807, 2.05) is 35.9 Å². The van der Waals surface area contributed by atoms with Crippen molar-refractivity contribution < 1.29 is 0 Å². The van der Waals surface area contributed by atoms with Crippen LogP contribution in [-0.2, 0) is 27.7 Å². The van der Waals surface area contributed by atoms with Gasteiger partial charge in [-0.3, -0.25) is 13.9 Å². The van der Waals surface area contributed by atoms with E-state index in [1.54, 1.807) is 18.7 Å². The lowest BCUT2D eigenvalue weighted by Crippen LogP contribution is -2.40. The fraction of sp³-hybridized carbons (Fsp3) is 0.235. The van der Waals surface area contributed by atoms with Gasteiger partial charge in [0.25, 0.3) is 5.56 Å². The molecule has 0 fully saturated rings. The average molecular weight is 437 g/mol. The largest absolute Gasteiger partial charge is 0.346 e. The number of hydrogen-bond donors (Lipinski definition) is 0. The molecule has 4 aromatic rings. The van der Waals surface area contributed by atoms with Crippen molar-refractivity contribution in [3.63, 3.8) is 0 Å². The second-order valence-corrected chi connectivity index (χ2v) is 7.39. The first kappa shape index (κ1) is 17.1. The molecule has 0 bridgehead atoms. The van der Waals surface area contributed by atoms with E-state index in [0.717, 1.165) is 16.6 Å². The Labute approximate surface area is 161 Å². The van der Waals surface area contributed by atoms with Crippen molar-refractivity contribution in [2.75, 3.05) is 0 Å². The molecule has 0 aliphatic carbocycles. The molecular weight excluding hydrogens is 422 g/mol. The number of nitrogens with zero attached hydrogens (tertiary/aromatic N) is 5. The molecule has 0 radical (unpaired) electrons. The monoisotopic (exact) mass is 435 g/mol. The summed E-state index contributed by atoms with van der Waals surface area (Å²) >= 11 is 9.37. The van der Waals surface area contributed by atoms with Gasteiger partial charge in [0.1, 0.15) is 0 Å². The van der Waals surface area contributed by atoms with Crippen molar-refractivity contribution >= 4 is 49.6 Å². The fourth-order valence-electron chi connectivity index (χ4n) is 3.25. The van der Waals surface area contributed by atoms with E-state index in [2.05, 4.69) is 20.9 Å². The second kappa shape index (κ2) is 5.85. The van der Waals surface area contributed by atoms with E-state index in [4.69, 9.17) is 11.6 Å². The highest BCUT2D eigenvalue weighted by Crippen LogP contribution is 2.23. The fourth-order valence-corrected chi connectivity index (χ4v) is 3.77. The maximum atomic E-state index is 13.0. The summed E-state index contributed by atoms with van der Waals surface area (Å²) in [6.45, 7) is 0.160. The number of halogens is 2. The Balaban J connectivity index is 1.96. The summed E-state index contributed by atoms with van der Waals surface area (Å²) in [5.41, 5.74) is 1.78. The minimum atomic E-state index is -0.406. The normalized spacial score (nSPS) is 11.7. The van der Waals surface area contributed by atoms with Crippen molar-refractivity contribution in [3.8, 4) is 0 Å². The van der Waals surface area contributed by atoms with E-state index in [0.29, 0.717) is 20.9 Å². The number of aromatic nitrogens is 5. The van der Waals surface area contributed by atoms with Gasteiger partial charge in [0.05, 0.1) is 6.54 Å². The lowest BCUT2D eigenvalue weighted by Gasteiger charge is -2.09. The number of imidazole rings is 1. The van der Waals surface area contributed by atoms with Gasteiger partial charge in [-0.15, -0.1) is 0 Å². The Morgan fingerprint density at radius 2 is 1.81 bits per heavy atom. The van der Waals surface area contributed by atoms with Gasteiger partial charge in [-0.25, -0.2) is 9.78 Å². The molecule has 3 heterocycles. The zero-order valence-electron chi connectivity index (χ0n) is 14.3. The molecule has 1 aromatic carbocycles. The molecule has 134 valence electrons. The Bertz CT molecular complexity index is 1310. The molecule has 3 aromatic heterocycles. The molecule has 0 spiro atoms. The van der Waals surface area contributed by atoms with Crippen molar-refractivity contribution in [2.24, 2.45) is 21.1 Å². The molecule has 9 heteroatoms. The lowest BCUT2D eigenvalue weighted by atomic mass is 10.2. The highest BCUT2D eigenvalue weighted by molar-refractivity contribution is 9.10. The van der Waals surface area contributed by atoms with E-state index < -0.39 is 5.69 Å². The highest BCUT2D eigenvalue weighted by atomic mass is 79.9.